The molecule has 3 aromatic rings. The van der Waals surface area contributed by atoms with Crippen LogP contribution in [0.25, 0.3) is 11.1 Å². The fraction of sp³-hybridized carbons (Fsp3) is 0.417. The van der Waals surface area contributed by atoms with Gasteiger partial charge in [0.25, 0.3) is 6.01 Å². The van der Waals surface area contributed by atoms with Crippen molar-refractivity contribution in [2.45, 2.75) is 38.8 Å². The second kappa shape index (κ2) is 9.39. The van der Waals surface area contributed by atoms with Crippen LogP contribution in [0.2, 0.25) is 0 Å². The average Bonchev–Trinajstić information content (AvgIpc) is 3.13. The number of fused-ring (bicyclic) bond motifs is 1. The molecule has 1 fully saturated rings. The fourth-order valence-electron chi connectivity index (χ4n) is 3.78. The van der Waals surface area contributed by atoms with Crippen LogP contribution in [0.15, 0.2) is 46.9 Å². The number of carbonyl (C=O) groups excluding carboxylic acids is 1. The molecule has 1 unspecified atom stereocenters. The maximum atomic E-state index is 11.3. The highest BCUT2D eigenvalue weighted by Crippen LogP contribution is 2.29. The summed E-state index contributed by atoms with van der Waals surface area (Å²) in [4.78, 5) is 18.0. The molecule has 0 bridgehead atoms. The first-order chi connectivity index (χ1) is 15.0. The lowest BCUT2D eigenvalue weighted by atomic mass is 10.1. The van der Waals surface area contributed by atoms with Crippen molar-refractivity contribution < 1.29 is 18.7 Å². The van der Waals surface area contributed by atoms with Crippen LogP contribution in [-0.4, -0.2) is 43.8 Å². The Hall–Kier alpha value is -3.06. The zero-order valence-corrected chi connectivity index (χ0v) is 18.3. The van der Waals surface area contributed by atoms with Crippen molar-refractivity contribution in [2.24, 2.45) is 0 Å². The van der Waals surface area contributed by atoms with Gasteiger partial charge in [0.15, 0.2) is 5.58 Å². The second-order valence-corrected chi connectivity index (χ2v) is 8.03. The van der Waals surface area contributed by atoms with Crippen molar-refractivity contribution in [2.75, 3.05) is 31.7 Å². The maximum absolute atomic E-state index is 11.3. The van der Waals surface area contributed by atoms with Crippen LogP contribution in [0.1, 0.15) is 37.4 Å². The number of hydrogen-bond acceptors (Lipinski definition) is 6. The summed E-state index contributed by atoms with van der Waals surface area (Å²) in [6, 6.07) is 14.6. The summed E-state index contributed by atoms with van der Waals surface area (Å²) in [5.41, 5.74) is 3.77. The van der Waals surface area contributed by atoms with E-state index in [1.165, 1.54) is 12.5 Å². The number of anilines is 1. The molecule has 0 spiro atoms. The molecule has 1 aliphatic heterocycles. The molecule has 7 nitrogen and oxygen atoms in total. The molecule has 1 aliphatic rings. The predicted molar refractivity (Wildman–Crippen MR) is 120 cm³/mol. The summed E-state index contributed by atoms with van der Waals surface area (Å²) >= 11 is 0. The first-order valence-corrected chi connectivity index (χ1v) is 10.7. The normalized spacial score (nSPS) is 15.0. The lowest BCUT2D eigenvalue weighted by molar-refractivity contribution is -0.119. The van der Waals surface area contributed by atoms with Gasteiger partial charge in [-0.25, -0.2) is 0 Å². The zero-order chi connectivity index (χ0) is 21.8. The van der Waals surface area contributed by atoms with E-state index in [2.05, 4.69) is 27.3 Å². The van der Waals surface area contributed by atoms with Crippen molar-refractivity contribution in [3.63, 3.8) is 0 Å². The highest BCUT2D eigenvalue weighted by atomic mass is 16.5. The Bertz CT molecular complexity index is 1040. The third kappa shape index (κ3) is 5.17. The van der Waals surface area contributed by atoms with E-state index < -0.39 is 0 Å². The lowest BCUT2D eigenvalue weighted by Crippen LogP contribution is -2.54. The number of aromatic nitrogens is 1. The van der Waals surface area contributed by atoms with E-state index in [9.17, 15) is 4.79 Å². The Balaban J connectivity index is 1.34. The molecule has 0 saturated carbocycles. The summed E-state index contributed by atoms with van der Waals surface area (Å²) in [5, 5.41) is 2.89. The SMILES string of the molecule is COCCCc1cccc(OC2CN(c3nc4ccc(C(C)NC(C)=O)cc4o3)C2)c1. The number of amides is 1. The van der Waals surface area contributed by atoms with Crippen molar-refractivity contribution in [3.8, 4) is 5.75 Å². The molecule has 31 heavy (non-hydrogen) atoms. The summed E-state index contributed by atoms with van der Waals surface area (Å²) < 4.78 is 17.2. The van der Waals surface area contributed by atoms with Gasteiger partial charge in [-0.15, -0.1) is 0 Å². The molecule has 7 heteroatoms. The number of rotatable bonds is 9. The van der Waals surface area contributed by atoms with Gasteiger partial charge in [-0.2, -0.15) is 4.98 Å². The molecule has 4 rings (SSSR count). The van der Waals surface area contributed by atoms with Crippen molar-refractivity contribution in [1.29, 1.82) is 0 Å². The van der Waals surface area contributed by atoms with E-state index in [-0.39, 0.29) is 18.1 Å². The van der Waals surface area contributed by atoms with E-state index in [4.69, 9.17) is 13.9 Å². The molecule has 164 valence electrons. The smallest absolute Gasteiger partial charge is 0.298 e. The zero-order valence-electron chi connectivity index (χ0n) is 18.3. The van der Waals surface area contributed by atoms with E-state index in [0.29, 0.717) is 6.01 Å². The van der Waals surface area contributed by atoms with Gasteiger partial charge in [-0.3, -0.25) is 4.79 Å². The molecular formula is C24H29N3O4. The molecule has 1 atom stereocenters. The number of oxazole rings is 1. The Morgan fingerprint density at radius 2 is 2.13 bits per heavy atom. The topological polar surface area (TPSA) is 76.8 Å². The third-order valence-corrected chi connectivity index (χ3v) is 5.45. The largest absolute Gasteiger partial charge is 0.487 e. The number of nitrogens with one attached hydrogen (secondary N) is 1. The molecule has 0 radical (unpaired) electrons. The van der Waals surface area contributed by atoms with E-state index in [0.717, 1.165) is 55.0 Å². The molecular weight excluding hydrogens is 394 g/mol. The Labute approximate surface area is 182 Å². The summed E-state index contributed by atoms with van der Waals surface area (Å²) in [6.45, 7) is 5.69. The Morgan fingerprint density at radius 3 is 2.90 bits per heavy atom. The third-order valence-electron chi connectivity index (χ3n) is 5.45. The van der Waals surface area contributed by atoms with Crippen LogP contribution in [0.3, 0.4) is 0 Å². The van der Waals surface area contributed by atoms with Crippen LogP contribution in [0, 0.1) is 0 Å². The minimum Gasteiger partial charge on any atom is -0.487 e. The van der Waals surface area contributed by atoms with Gasteiger partial charge >= 0.3 is 0 Å². The van der Waals surface area contributed by atoms with Crippen LogP contribution in [0.4, 0.5) is 6.01 Å². The van der Waals surface area contributed by atoms with Crippen LogP contribution < -0.4 is 15.0 Å². The van der Waals surface area contributed by atoms with Gasteiger partial charge in [0.2, 0.25) is 5.91 Å². The van der Waals surface area contributed by atoms with Crippen molar-refractivity contribution in [1.82, 2.24) is 10.3 Å². The van der Waals surface area contributed by atoms with Gasteiger partial charge in [0.1, 0.15) is 17.4 Å². The van der Waals surface area contributed by atoms with Crippen molar-refractivity contribution in [3.05, 3.63) is 53.6 Å². The number of carbonyl (C=O) groups is 1. The minimum atomic E-state index is -0.0810. The summed E-state index contributed by atoms with van der Waals surface area (Å²) in [7, 11) is 1.73. The molecule has 2 heterocycles. The van der Waals surface area contributed by atoms with Gasteiger partial charge in [0.05, 0.1) is 19.1 Å². The number of benzene rings is 2. The Kier molecular flexibility index (Phi) is 6.42. The number of methoxy groups -OCH3 is 1. The predicted octanol–water partition coefficient (Wildman–Crippen LogP) is 3.87. The highest BCUT2D eigenvalue weighted by molar-refractivity contribution is 5.77. The maximum Gasteiger partial charge on any atom is 0.298 e. The molecule has 1 amide bonds. The highest BCUT2D eigenvalue weighted by Gasteiger charge is 2.32. The minimum absolute atomic E-state index is 0.0574. The van der Waals surface area contributed by atoms with Gasteiger partial charge in [-0.05, 0) is 55.2 Å². The van der Waals surface area contributed by atoms with Gasteiger partial charge < -0.3 is 24.1 Å². The molecule has 0 aliphatic carbocycles. The van der Waals surface area contributed by atoms with E-state index in [1.54, 1.807) is 7.11 Å². The lowest BCUT2D eigenvalue weighted by Gasteiger charge is -2.37. The first-order valence-electron chi connectivity index (χ1n) is 10.7. The monoisotopic (exact) mass is 423 g/mol. The quantitative estimate of drug-likeness (QED) is 0.527. The number of nitrogens with zero attached hydrogens (tertiary/aromatic N) is 2. The van der Waals surface area contributed by atoms with Crippen LogP contribution in [-0.2, 0) is 16.0 Å². The second-order valence-electron chi connectivity index (χ2n) is 8.03. The van der Waals surface area contributed by atoms with Crippen LogP contribution in [0.5, 0.6) is 5.75 Å². The number of hydrogen-bond donors (Lipinski definition) is 1. The average molecular weight is 424 g/mol. The van der Waals surface area contributed by atoms with Gasteiger partial charge in [0, 0.05) is 20.6 Å². The van der Waals surface area contributed by atoms with Crippen LogP contribution >= 0.6 is 0 Å². The number of ether oxygens (including phenoxy) is 2. The fourth-order valence-corrected chi connectivity index (χ4v) is 3.78. The van der Waals surface area contributed by atoms with Gasteiger partial charge in [-0.1, -0.05) is 18.2 Å². The molecule has 2 aromatic carbocycles. The summed E-state index contributed by atoms with van der Waals surface area (Å²) in [6.07, 6.45) is 2.09. The molecule has 1 aromatic heterocycles. The summed E-state index contributed by atoms with van der Waals surface area (Å²) in [5.74, 6) is 0.840. The van der Waals surface area contributed by atoms with E-state index in [1.807, 2.05) is 37.3 Å². The molecule has 1 N–H and O–H groups in total. The Morgan fingerprint density at radius 1 is 1.29 bits per heavy atom. The van der Waals surface area contributed by atoms with E-state index >= 15 is 0 Å². The van der Waals surface area contributed by atoms with Crippen molar-refractivity contribution >= 4 is 23.0 Å². The molecule has 1 saturated heterocycles. The number of aryl methyl sites for hydroxylation is 1. The standard InChI is InChI=1S/C24H29N3O4/c1-16(25-17(2)28)19-9-10-22-23(13-19)31-24(26-22)27-14-21(15-27)30-20-8-4-6-18(12-20)7-5-11-29-3/h4,6,8-10,12-13,16,21H,5,7,11,14-15H2,1-3H3,(H,25,28). The first kappa shape index (κ1) is 21.2.